The molecule has 0 aliphatic carbocycles. The number of aliphatic hydroxyl groups excluding tert-OH is 1. The van der Waals surface area contributed by atoms with Crippen LogP contribution >= 0.6 is 0 Å². The molecule has 1 atom stereocenters. The molecule has 0 aromatic heterocycles. The monoisotopic (exact) mass is 368 g/mol. The van der Waals surface area contributed by atoms with Gasteiger partial charge in [0.15, 0.2) is 0 Å². The number of methoxy groups -OCH3 is 1. The van der Waals surface area contributed by atoms with E-state index in [0.29, 0.717) is 17.0 Å². The Morgan fingerprint density at radius 1 is 1.19 bits per heavy atom. The van der Waals surface area contributed by atoms with Gasteiger partial charge in [0, 0.05) is 11.7 Å². The summed E-state index contributed by atoms with van der Waals surface area (Å²) in [6, 6.07) is 7.28. The Morgan fingerprint density at radius 3 is 2.48 bits per heavy atom. The fourth-order valence-electron chi connectivity index (χ4n) is 2.44. The zero-order valence-corrected chi connectivity index (χ0v) is 15.9. The first-order valence-corrected chi connectivity index (χ1v) is 8.48. The van der Waals surface area contributed by atoms with E-state index >= 15 is 0 Å². The standard InChI is InChI=1S/C21H24N2O4/c1-12(2)17(24)10-9-13(3)22-18-19(21(26)20(18)25)23-14(4)15-7-6-8-16(11-15)27-5/h6-11,14,22-24H,1H2,2-5H3/b13-9+,17-10+/t14-/m1/s1. The molecule has 3 N–H and O–H groups in total. The van der Waals surface area contributed by atoms with E-state index in [-0.39, 0.29) is 23.2 Å². The predicted molar refractivity (Wildman–Crippen MR) is 109 cm³/mol. The number of benzene rings is 1. The summed E-state index contributed by atoms with van der Waals surface area (Å²) in [6.45, 7) is 8.94. The Morgan fingerprint density at radius 2 is 1.85 bits per heavy atom. The third kappa shape index (κ3) is 4.67. The van der Waals surface area contributed by atoms with Crippen LogP contribution in [-0.2, 0) is 0 Å². The fraction of sp³-hybridized carbons (Fsp3) is 0.238. The van der Waals surface area contributed by atoms with Crippen LogP contribution in [0.3, 0.4) is 0 Å². The molecule has 2 aromatic rings. The largest absolute Gasteiger partial charge is 0.508 e. The second kappa shape index (κ2) is 8.40. The molecule has 2 aromatic carbocycles. The normalized spacial score (nSPS) is 13.3. The molecule has 142 valence electrons. The quantitative estimate of drug-likeness (QED) is 0.373. The van der Waals surface area contributed by atoms with Crippen molar-refractivity contribution in [3.05, 3.63) is 86.0 Å². The number of anilines is 2. The molecule has 0 heterocycles. The van der Waals surface area contributed by atoms with Gasteiger partial charge in [0.05, 0.1) is 7.11 Å². The number of ether oxygens (including phenoxy) is 1. The minimum atomic E-state index is -0.573. The highest BCUT2D eigenvalue weighted by Gasteiger charge is 2.22. The molecule has 0 bridgehead atoms. The van der Waals surface area contributed by atoms with E-state index in [1.807, 2.05) is 31.2 Å². The summed E-state index contributed by atoms with van der Waals surface area (Å²) in [7, 11) is 1.59. The van der Waals surface area contributed by atoms with E-state index in [9.17, 15) is 14.7 Å². The molecule has 0 saturated heterocycles. The van der Waals surface area contributed by atoms with Crippen molar-refractivity contribution < 1.29 is 9.84 Å². The Bertz CT molecular complexity index is 978. The van der Waals surface area contributed by atoms with Crippen molar-refractivity contribution in [3.63, 3.8) is 0 Å². The maximum atomic E-state index is 12.0. The number of hydrogen-bond donors (Lipinski definition) is 3. The van der Waals surface area contributed by atoms with Crippen LogP contribution in [0.1, 0.15) is 32.4 Å². The highest BCUT2D eigenvalue weighted by atomic mass is 16.5. The summed E-state index contributed by atoms with van der Waals surface area (Å²) in [5, 5.41) is 15.7. The third-order valence-electron chi connectivity index (χ3n) is 4.12. The second-order valence-corrected chi connectivity index (χ2v) is 6.36. The summed E-state index contributed by atoms with van der Waals surface area (Å²) in [5.74, 6) is 0.763. The second-order valence-electron chi connectivity index (χ2n) is 6.36. The van der Waals surface area contributed by atoms with Gasteiger partial charge in [-0.05, 0) is 56.2 Å². The van der Waals surface area contributed by atoms with Crippen molar-refractivity contribution >= 4 is 11.4 Å². The fourth-order valence-corrected chi connectivity index (χ4v) is 2.44. The van der Waals surface area contributed by atoms with Gasteiger partial charge in [-0.15, -0.1) is 0 Å². The summed E-state index contributed by atoms with van der Waals surface area (Å²) < 4.78 is 5.21. The average molecular weight is 368 g/mol. The van der Waals surface area contributed by atoms with Gasteiger partial charge >= 0.3 is 0 Å². The number of aliphatic hydroxyl groups is 1. The molecule has 6 heteroatoms. The van der Waals surface area contributed by atoms with Crippen LogP contribution in [0.25, 0.3) is 0 Å². The summed E-state index contributed by atoms with van der Waals surface area (Å²) in [4.78, 5) is 23.9. The lowest BCUT2D eigenvalue weighted by Gasteiger charge is -2.20. The maximum absolute atomic E-state index is 12.0. The Hall–Kier alpha value is -3.28. The molecule has 0 radical (unpaired) electrons. The van der Waals surface area contributed by atoms with Gasteiger partial charge in [-0.3, -0.25) is 9.59 Å². The van der Waals surface area contributed by atoms with Crippen molar-refractivity contribution in [2.75, 3.05) is 17.7 Å². The summed E-state index contributed by atoms with van der Waals surface area (Å²) >= 11 is 0. The van der Waals surface area contributed by atoms with Gasteiger partial charge in [0.1, 0.15) is 22.9 Å². The van der Waals surface area contributed by atoms with Crippen LogP contribution in [0.2, 0.25) is 0 Å². The van der Waals surface area contributed by atoms with Crippen LogP contribution in [0, 0.1) is 0 Å². The Labute approximate surface area is 158 Å². The molecule has 27 heavy (non-hydrogen) atoms. The topological polar surface area (TPSA) is 87.7 Å². The Kier molecular flexibility index (Phi) is 6.23. The zero-order chi connectivity index (χ0) is 20.1. The van der Waals surface area contributed by atoms with Crippen molar-refractivity contribution in [2.45, 2.75) is 26.8 Å². The average Bonchev–Trinajstić information content (AvgIpc) is 2.67. The van der Waals surface area contributed by atoms with E-state index in [1.165, 1.54) is 6.08 Å². The highest BCUT2D eigenvalue weighted by molar-refractivity contribution is 5.76. The van der Waals surface area contributed by atoms with Crippen LogP contribution < -0.4 is 26.2 Å². The van der Waals surface area contributed by atoms with Gasteiger partial charge < -0.3 is 20.5 Å². The lowest BCUT2D eigenvalue weighted by atomic mass is 10.1. The molecule has 0 aliphatic heterocycles. The van der Waals surface area contributed by atoms with Crippen molar-refractivity contribution in [2.24, 2.45) is 0 Å². The van der Waals surface area contributed by atoms with E-state index < -0.39 is 10.9 Å². The van der Waals surface area contributed by atoms with Gasteiger partial charge in [0.25, 0.3) is 10.9 Å². The molecule has 0 unspecified atom stereocenters. The molecule has 6 nitrogen and oxygen atoms in total. The lowest BCUT2D eigenvalue weighted by molar-refractivity contribution is 0.414. The smallest absolute Gasteiger partial charge is 0.253 e. The van der Waals surface area contributed by atoms with E-state index in [4.69, 9.17) is 4.74 Å². The lowest BCUT2D eigenvalue weighted by Crippen LogP contribution is -2.37. The van der Waals surface area contributed by atoms with E-state index in [2.05, 4.69) is 17.2 Å². The number of nitrogens with one attached hydrogen (secondary N) is 2. The van der Waals surface area contributed by atoms with Gasteiger partial charge in [-0.1, -0.05) is 18.7 Å². The van der Waals surface area contributed by atoms with Crippen molar-refractivity contribution in [1.29, 1.82) is 0 Å². The first kappa shape index (κ1) is 20.0. The van der Waals surface area contributed by atoms with Gasteiger partial charge in [-0.2, -0.15) is 0 Å². The maximum Gasteiger partial charge on any atom is 0.253 e. The van der Waals surface area contributed by atoms with Crippen LogP contribution in [0.5, 0.6) is 5.75 Å². The van der Waals surface area contributed by atoms with E-state index in [0.717, 1.165) is 5.56 Å². The molecule has 0 fully saturated rings. The van der Waals surface area contributed by atoms with Gasteiger partial charge in [-0.25, -0.2) is 0 Å². The molecular weight excluding hydrogens is 344 g/mol. The van der Waals surface area contributed by atoms with Crippen LogP contribution in [0.15, 0.2) is 69.6 Å². The predicted octanol–water partition coefficient (Wildman–Crippen LogP) is 3.80. The number of allylic oxidation sites excluding steroid dienone is 4. The SMILES string of the molecule is C=C(C)/C(O)=C\C=C(/C)Nc1c(N[C@H](C)c2cccc(OC)c2)c(=O)c1=O. The Balaban J connectivity index is 2.18. The summed E-state index contributed by atoms with van der Waals surface area (Å²) in [6.07, 6.45) is 3.08. The minimum absolute atomic E-state index is 0.0473. The molecule has 0 saturated carbocycles. The van der Waals surface area contributed by atoms with Crippen LogP contribution in [-0.4, -0.2) is 12.2 Å². The van der Waals surface area contributed by atoms with Crippen molar-refractivity contribution in [1.82, 2.24) is 0 Å². The number of rotatable bonds is 8. The van der Waals surface area contributed by atoms with Crippen LogP contribution in [0.4, 0.5) is 11.4 Å². The van der Waals surface area contributed by atoms with Gasteiger partial charge in [0.2, 0.25) is 0 Å². The molecule has 0 amide bonds. The zero-order valence-electron chi connectivity index (χ0n) is 15.9. The molecule has 2 rings (SSSR count). The highest BCUT2D eigenvalue weighted by Crippen LogP contribution is 2.25. The molecular formula is C21H24N2O4. The molecule has 0 aliphatic rings. The minimum Gasteiger partial charge on any atom is -0.508 e. The third-order valence-corrected chi connectivity index (χ3v) is 4.12. The molecule has 0 spiro atoms. The first-order valence-electron chi connectivity index (χ1n) is 8.48. The summed E-state index contributed by atoms with van der Waals surface area (Å²) in [5.41, 5.74) is 1.39. The van der Waals surface area contributed by atoms with E-state index in [1.54, 1.807) is 27.0 Å². The number of hydrogen-bond acceptors (Lipinski definition) is 6. The van der Waals surface area contributed by atoms with Crippen molar-refractivity contribution in [3.8, 4) is 5.75 Å². The first-order chi connectivity index (χ1) is 12.7.